The van der Waals surface area contributed by atoms with Crippen LogP contribution in [0.2, 0.25) is 0 Å². The Bertz CT molecular complexity index is 3400. The fourth-order valence-corrected chi connectivity index (χ4v) is 11.1. The highest BCUT2D eigenvalue weighted by Gasteiger charge is 2.23. The molecule has 3 heteroatoms. The molecular formula is C58H50N2S. The van der Waals surface area contributed by atoms with Crippen molar-refractivity contribution in [1.29, 1.82) is 0 Å². The lowest BCUT2D eigenvalue weighted by molar-refractivity contribution is 0.241. The Hall–Kier alpha value is -6.42. The summed E-state index contributed by atoms with van der Waals surface area (Å²) in [5.74, 6) is 1.28. The third-order valence-corrected chi connectivity index (χ3v) is 14.1. The van der Waals surface area contributed by atoms with Crippen LogP contribution in [0.4, 0.5) is 0 Å². The van der Waals surface area contributed by atoms with Crippen LogP contribution >= 0.6 is 11.3 Å². The molecule has 0 N–H and O–H groups in total. The van der Waals surface area contributed by atoms with Gasteiger partial charge in [0.15, 0.2) is 0 Å². The highest BCUT2D eigenvalue weighted by Crippen LogP contribution is 2.41. The molecule has 0 amide bonds. The number of fused-ring (bicyclic) bond motifs is 9. The molecule has 0 bridgehead atoms. The van der Waals surface area contributed by atoms with Gasteiger partial charge in [0.05, 0.1) is 22.1 Å². The van der Waals surface area contributed by atoms with Gasteiger partial charge in [-0.15, -0.1) is 11.3 Å². The Morgan fingerprint density at radius 3 is 1.44 bits per heavy atom. The first-order valence-corrected chi connectivity index (χ1v) is 22.7. The van der Waals surface area contributed by atoms with Gasteiger partial charge < -0.3 is 9.13 Å². The summed E-state index contributed by atoms with van der Waals surface area (Å²) < 4.78 is 7.50. The van der Waals surface area contributed by atoms with Crippen molar-refractivity contribution in [2.24, 2.45) is 17.3 Å². The van der Waals surface area contributed by atoms with E-state index in [1.54, 1.807) is 0 Å². The zero-order chi connectivity index (χ0) is 41.4. The number of nitrogens with zero attached hydrogens (tertiary/aromatic N) is 2. The molecule has 1 atom stereocenters. The summed E-state index contributed by atoms with van der Waals surface area (Å²) in [5.41, 5.74) is 14.0. The van der Waals surface area contributed by atoms with Crippen LogP contribution in [0, 0.1) is 17.3 Å². The molecule has 0 spiro atoms. The van der Waals surface area contributed by atoms with Gasteiger partial charge in [-0.1, -0.05) is 132 Å². The van der Waals surface area contributed by atoms with Crippen LogP contribution in [0.1, 0.15) is 46.6 Å². The number of rotatable bonds is 8. The summed E-state index contributed by atoms with van der Waals surface area (Å²) in [7, 11) is 0. The van der Waals surface area contributed by atoms with Crippen molar-refractivity contribution < 1.29 is 0 Å². The van der Waals surface area contributed by atoms with Gasteiger partial charge in [-0.05, 0) is 137 Å². The van der Waals surface area contributed by atoms with Gasteiger partial charge in [0.25, 0.3) is 0 Å². The largest absolute Gasteiger partial charge is 0.309 e. The fourth-order valence-electron chi connectivity index (χ4n) is 10.0. The molecular weight excluding hydrogens is 757 g/mol. The summed E-state index contributed by atoms with van der Waals surface area (Å²) in [4.78, 5) is 0. The van der Waals surface area contributed by atoms with E-state index in [2.05, 4.69) is 220 Å². The lowest BCUT2D eigenvalue weighted by atomic mass is 9.77. The van der Waals surface area contributed by atoms with Crippen LogP contribution in [0.3, 0.4) is 0 Å². The second-order valence-electron chi connectivity index (χ2n) is 18.7. The molecule has 3 aromatic heterocycles. The van der Waals surface area contributed by atoms with Crippen LogP contribution in [-0.2, 0) is 6.42 Å². The van der Waals surface area contributed by atoms with Crippen molar-refractivity contribution >= 4 is 75.1 Å². The molecule has 0 aliphatic carbocycles. The highest BCUT2D eigenvalue weighted by atomic mass is 32.1. The van der Waals surface area contributed by atoms with Gasteiger partial charge in [0, 0.05) is 53.1 Å². The van der Waals surface area contributed by atoms with Gasteiger partial charge in [-0.2, -0.15) is 0 Å². The quantitative estimate of drug-likeness (QED) is 0.145. The summed E-state index contributed by atoms with van der Waals surface area (Å²) in [6.45, 7) is 11.9. The molecule has 11 aromatic rings. The number of hydrogen-bond donors (Lipinski definition) is 0. The molecule has 61 heavy (non-hydrogen) atoms. The van der Waals surface area contributed by atoms with E-state index in [1.165, 1.54) is 109 Å². The number of thiophene rings is 1. The second-order valence-corrected chi connectivity index (χ2v) is 19.8. The molecule has 0 saturated carbocycles. The number of aromatic nitrogens is 2. The predicted octanol–water partition coefficient (Wildman–Crippen LogP) is 16.8. The third kappa shape index (κ3) is 6.63. The first kappa shape index (κ1) is 37.6. The minimum Gasteiger partial charge on any atom is -0.309 e. The Kier molecular flexibility index (Phi) is 9.02. The molecule has 3 heterocycles. The zero-order valence-corrected chi connectivity index (χ0v) is 36.4. The number of benzene rings is 8. The van der Waals surface area contributed by atoms with E-state index >= 15 is 0 Å². The first-order chi connectivity index (χ1) is 29.7. The monoisotopic (exact) mass is 806 g/mol. The summed E-state index contributed by atoms with van der Waals surface area (Å²) in [5, 5.41) is 7.74. The maximum atomic E-state index is 2.47. The van der Waals surface area contributed by atoms with Crippen molar-refractivity contribution in [1.82, 2.24) is 9.13 Å². The van der Waals surface area contributed by atoms with Crippen molar-refractivity contribution in [2.75, 3.05) is 0 Å². The molecule has 0 radical (unpaired) electrons. The van der Waals surface area contributed by atoms with Crippen LogP contribution in [0.5, 0.6) is 0 Å². The van der Waals surface area contributed by atoms with Crippen molar-refractivity contribution in [3.63, 3.8) is 0 Å². The summed E-state index contributed by atoms with van der Waals surface area (Å²) >= 11 is 1.88. The van der Waals surface area contributed by atoms with Crippen molar-refractivity contribution in [2.45, 2.75) is 47.5 Å². The minimum absolute atomic E-state index is 0.309. The van der Waals surface area contributed by atoms with E-state index in [0.717, 1.165) is 6.42 Å². The standard InChI is InChI=1S/C58H50N2S/c1-37(2)43(36-58(3,4)5)30-38-14-12-16-44(31-38)59-54-23-11-8-20-48(54)49-33-40(24-27-55(49)59)42-26-29-57-51(35-42)50-34-41(25-28-56(50)61-57)39-15-13-17-45(32-39)60-52-21-9-6-18-46(52)47-19-7-10-22-53(47)60/h6-29,31-35,37,43H,30,36H2,1-5H3. The third-order valence-electron chi connectivity index (χ3n) is 13.0. The highest BCUT2D eigenvalue weighted by molar-refractivity contribution is 7.25. The van der Waals surface area contributed by atoms with E-state index in [1.807, 2.05) is 11.3 Å². The van der Waals surface area contributed by atoms with Crippen molar-refractivity contribution in [3.05, 3.63) is 181 Å². The normalized spacial score (nSPS) is 12.9. The molecule has 0 saturated heterocycles. The molecule has 0 aliphatic heterocycles. The average molecular weight is 807 g/mol. The SMILES string of the molecule is CC(C)C(Cc1cccc(-n2c3ccccc3c3cc(-c4ccc5sc6ccc(-c7cccc(-n8c9ccccc9c9ccccc98)c7)cc6c5c4)ccc32)c1)CC(C)(C)C. The Morgan fingerprint density at radius 2 is 0.885 bits per heavy atom. The van der Waals surface area contributed by atoms with Crippen molar-refractivity contribution in [3.8, 4) is 33.6 Å². The number of para-hydroxylation sites is 3. The molecule has 1 unspecified atom stereocenters. The lowest BCUT2D eigenvalue weighted by Gasteiger charge is -2.29. The molecule has 0 aliphatic rings. The lowest BCUT2D eigenvalue weighted by Crippen LogP contribution is -2.20. The van der Waals surface area contributed by atoms with E-state index < -0.39 is 0 Å². The maximum absolute atomic E-state index is 2.47. The Balaban J connectivity index is 0.971. The van der Waals surface area contributed by atoms with E-state index in [-0.39, 0.29) is 0 Å². The molecule has 11 rings (SSSR count). The molecule has 2 nitrogen and oxygen atoms in total. The van der Waals surface area contributed by atoms with Crippen LogP contribution < -0.4 is 0 Å². The van der Waals surface area contributed by atoms with Gasteiger partial charge in [0.2, 0.25) is 0 Å². The topological polar surface area (TPSA) is 9.86 Å². The molecule has 0 fully saturated rings. The van der Waals surface area contributed by atoms with Gasteiger partial charge in [-0.3, -0.25) is 0 Å². The minimum atomic E-state index is 0.309. The summed E-state index contributed by atoms with van der Waals surface area (Å²) in [6.07, 6.45) is 2.32. The fraction of sp³-hybridized carbons (Fsp3) is 0.172. The first-order valence-electron chi connectivity index (χ1n) is 21.9. The van der Waals surface area contributed by atoms with Crippen LogP contribution in [0.15, 0.2) is 176 Å². The van der Waals surface area contributed by atoms with Crippen LogP contribution in [0.25, 0.3) is 97.4 Å². The molecule has 298 valence electrons. The number of hydrogen-bond acceptors (Lipinski definition) is 1. The van der Waals surface area contributed by atoms with Gasteiger partial charge in [-0.25, -0.2) is 0 Å². The van der Waals surface area contributed by atoms with Gasteiger partial charge in [0.1, 0.15) is 0 Å². The Morgan fingerprint density at radius 1 is 0.426 bits per heavy atom. The maximum Gasteiger partial charge on any atom is 0.0541 e. The van der Waals surface area contributed by atoms with Gasteiger partial charge >= 0.3 is 0 Å². The average Bonchev–Trinajstić information content (AvgIpc) is 3.93. The van der Waals surface area contributed by atoms with E-state index in [9.17, 15) is 0 Å². The van der Waals surface area contributed by atoms with E-state index in [4.69, 9.17) is 0 Å². The smallest absolute Gasteiger partial charge is 0.0541 e. The zero-order valence-electron chi connectivity index (χ0n) is 35.6. The Labute approximate surface area is 362 Å². The predicted molar refractivity (Wildman–Crippen MR) is 265 cm³/mol. The molecule has 8 aromatic carbocycles. The second kappa shape index (κ2) is 14.6. The summed E-state index contributed by atoms with van der Waals surface area (Å²) in [6, 6.07) is 65.8. The van der Waals surface area contributed by atoms with Crippen LogP contribution in [-0.4, -0.2) is 9.13 Å². The van der Waals surface area contributed by atoms with E-state index in [0.29, 0.717) is 17.3 Å².